The summed E-state index contributed by atoms with van der Waals surface area (Å²) < 4.78 is 19.1. The number of nitrogens with zero attached hydrogens (tertiary/aromatic N) is 1. The Balaban J connectivity index is 1.62. The van der Waals surface area contributed by atoms with Crippen molar-refractivity contribution in [3.05, 3.63) is 60.2 Å². The van der Waals surface area contributed by atoms with Crippen molar-refractivity contribution in [1.29, 1.82) is 0 Å². The Kier molecular flexibility index (Phi) is 6.74. The fourth-order valence-electron chi connectivity index (χ4n) is 5.64. The lowest BCUT2D eigenvalue weighted by Gasteiger charge is -2.46. The lowest BCUT2D eigenvalue weighted by atomic mass is 9.54. The van der Waals surface area contributed by atoms with Crippen molar-refractivity contribution in [3.8, 4) is 11.1 Å². The Morgan fingerprint density at radius 2 is 2.00 bits per heavy atom. The normalized spacial score (nSPS) is 30.1. The molecule has 0 radical (unpaired) electrons. The smallest absolute Gasteiger partial charge is 0.322 e. The van der Waals surface area contributed by atoms with Crippen LogP contribution in [0.2, 0.25) is 0 Å². The second-order valence-electron chi connectivity index (χ2n) is 9.64. The number of fused-ring (bicyclic) bond motifs is 1. The first-order chi connectivity index (χ1) is 16.6. The maximum absolute atomic E-state index is 13.5. The van der Waals surface area contributed by atoms with Crippen LogP contribution in [-0.4, -0.2) is 40.6 Å². The number of ether oxygens (including phenoxy) is 1. The molecule has 1 aromatic heterocycles. The number of nitrogens with one attached hydrogen (secondary N) is 1. The first kappa shape index (κ1) is 24.6. The van der Waals surface area contributed by atoms with Gasteiger partial charge in [-0.05, 0) is 60.9 Å². The number of hydrogen-bond donors (Lipinski definition) is 2. The van der Waals surface area contributed by atoms with Gasteiger partial charge in [0.2, 0.25) is 5.91 Å². The molecule has 2 N–H and O–H groups in total. The second-order valence-corrected chi connectivity index (χ2v) is 9.64. The van der Waals surface area contributed by atoms with E-state index in [0.717, 1.165) is 11.1 Å². The minimum atomic E-state index is -1.43. The second kappa shape index (κ2) is 9.60. The summed E-state index contributed by atoms with van der Waals surface area (Å²) in [5.74, 6) is -3.09. The summed E-state index contributed by atoms with van der Waals surface area (Å²) >= 11 is 0. The van der Waals surface area contributed by atoms with Gasteiger partial charge in [-0.1, -0.05) is 38.1 Å². The van der Waals surface area contributed by atoms with Crippen LogP contribution in [0, 0.1) is 34.9 Å². The number of pyridine rings is 1. The molecule has 2 fully saturated rings. The van der Waals surface area contributed by atoms with Crippen molar-refractivity contribution >= 4 is 23.9 Å². The molecule has 1 aromatic carbocycles. The zero-order valence-corrected chi connectivity index (χ0v) is 19.9. The van der Waals surface area contributed by atoms with Crippen molar-refractivity contribution in [2.75, 3.05) is 6.54 Å². The van der Waals surface area contributed by atoms with E-state index < -0.39 is 41.8 Å². The van der Waals surface area contributed by atoms with Crippen molar-refractivity contribution in [3.63, 3.8) is 0 Å². The summed E-state index contributed by atoms with van der Waals surface area (Å²) in [5, 5.41) is 11.4. The van der Waals surface area contributed by atoms with Crippen LogP contribution < -0.4 is 5.32 Å². The molecule has 1 aliphatic heterocycles. The average molecular weight is 481 g/mol. The van der Waals surface area contributed by atoms with E-state index in [-0.39, 0.29) is 23.6 Å². The molecule has 7 nitrogen and oxygen atoms in total. The van der Waals surface area contributed by atoms with Gasteiger partial charge in [0.25, 0.3) is 0 Å². The van der Waals surface area contributed by atoms with E-state index in [1.165, 1.54) is 12.1 Å². The molecule has 1 amide bonds. The van der Waals surface area contributed by atoms with Crippen LogP contribution in [0.1, 0.15) is 32.9 Å². The van der Waals surface area contributed by atoms with E-state index >= 15 is 0 Å². The molecule has 2 heterocycles. The lowest BCUT2D eigenvalue weighted by Crippen LogP contribution is -2.56. The molecular formula is C27H29FN2O5. The average Bonchev–Trinajstić information content (AvgIpc) is 3.08. The number of carbonyl (C=O) groups is 3. The number of carbonyl (C=O) groups excluding carboxylic acids is 2. The Hall–Kier alpha value is -3.55. The van der Waals surface area contributed by atoms with Gasteiger partial charge in [-0.25, -0.2) is 4.39 Å². The van der Waals surface area contributed by atoms with Crippen LogP contribution in [0.25, 0.3) is 17.2 Å². The number of rotatable bonds is 6. The highest BCUT2D eigenvalue weighted by atomic mass is 19.1. The summed E-state index contributed by atoms with van der Waals surface area (Å²) in [4.78, 5) is 41.7. The molecule has 4 rings (SSSR count). The van der Waals surface area contributed by atoms with Crippen LogP contribution in [0.3, 0.4) is 0 Å². The van der Waals surface area contributed by atoms with Gasteiger partial charge in [-0.3, -0.25) is 19.4 Å². The van der Waals surface area contributed by atoms with Crippen LogP contribution >= 0.6 is 0 Å². The molecule has 2 aromatic rings. The van der Waals surface area contributed by atoms with E-state index in [4.69, 9.17) is 9.84 Å². The van der Waals surface area contributed by atoms with Gasteiger partial charge >= 0.3 is 11.9 Å². The minimum Gasteiger partial charge on any atom is -0.480 e. The van der Waals surface area contributed by atoms with E-state index in [2.05, 4.69) is 17.2 Å². The Morgan fingerprint density at radius 3 is 2.66 bits per heavy atom. The zero-order valence-electron chi connectivity index (χ0n) is 19.9. The predicted octanol–water partition coefficient (Wildman–Crippen LogP) is 3.94. The van der Waals surface area contributed by atoms with Gasteiger partial charge in [0.15, 0.2) is 5.41 Å². The van der Waals surface area contributed by atoms with Crippen LogP contribution in [0.5, 0.6) is 0 Å². The summed E-state index contributed by atoms with van der Waals surface area (Å²) in [6.07, 6.45) is 5.33. The number of halogens is 1. The summed E-state index contributed by atoms with van der Waals surface area (Å²) in [6, 6.07) is 10.00. The topological polar surface area (TPSA) is 106 Å². The maximum atomic E-state index is 13.5. The van der Waals surface area contributed by atoms with Gasteiger partial charge in [0, 0.05) is 17.7 Å². The number of esters is 1. The molecule has 4 unspecified atom stereocenters. The predicted molar refractivity (Wildman–Crippen MR) is 127 cm³/mol. The van der Waals surface area contributed by atoms with Crippen molar-refractivity contribution < 1.29 is 28.6 Å². The summed E-state index contributed by atoms with van der Waals surface area (Å²) in [5.41, 5.74) is 0.786. The molecule has 6 atom stereocenters. The van der Waals surface area contributed by atoms with Crippen LogP contribution in [0.15, 0.2) is 48.7 Å². The number of carboxylic acid groups (broad SMARTS) is 1. The third-order valence-corrected chi connectivity index (χ3v) is 7.53. The molecule has 1 saturated heterocycles. The SMILES string of the molecule is CC1C[C@@]2(C(=O)NCC(=O)O)C(=O)O[C@H](C)C2C(/C=C/c2ccc(-c3cccc(F)c3)cn2)C1C. The van der Waals surface area contributed by atoms with E-state index in [0.29, 0.717) is 12.1 Å². The molecular weight excluding hydrogens is 451 g/mol. The summed E-state index contributed by atoms with van der Waals surface area (Å²) in [6.45, 7) is 5.32. The van der Waals surface area contributed by atoms with E-state index in [1.807, 2.05) is 37.3 Å². The fourth-order valence-corrected chi connectivity index (χ4v) is 5.64. The Labute approximate surface area is 203 Å². The van der Waals surface area contributed by atoms with Gasteiger partial charge in [-0.15, -0.1) is 0 Å². The lowest BCUT2D eigenvalue weighted by molar-refractivity contribution is -0.158. The first-order valence-corrected chi connectivity index (χ1v) is 11.7. The molecule has 8 heteroatoms. The number of benzene rings is 1. The number of cyclic esters (lactones) is 1. The molecule has 1 aliphatic carbocycles. The van der Waals surface area contributed by atoms with E-state index in [1.54, 1.807) is 19.2 Å². The van der Waals surface area contributed by atoms with Gasteiger partial charge in [-0.2, -0.15) is 0 Å². The molecule has 1 saturated carbocycles. The monoisotopic (exact) mass is 480 g/mol. The highest BCUT2D eigenvalue weighted by Crippen LogP contribution is 2.56. The molecule has 35 heavy (non-hydrogen) atoms. The third kappa shape index (κ3) is 4.57. The summed E-state index contributed by atoms with van der Waals surface area (Å²) in [7, 11) is 0. The van der Waals surface area contributed by atoms with Gasteiger partial charge in [0.1, 0.15) is 18.5 Å². The maximum Gasteiger partial charge on any atom is 0.322 e. The first-order valence-electron chi connectivity index (χ1n) is 11.7. The highest BCUT2D eigenvalue weighted by Gasteiger charge is 2.66. The molecule has 0 bridgehead atoms. The molecule has 0 spiro atoms. The molecule has 2 aliphatic rings. The van der Waals surface area contributed by atoms with E-state index in [9.17, 15) is 18.8 Å². The van der Waals surface area contributed by atoms with Crippen molar-refractivity contribution in [2.45, 2.75) is 33.3 Å². The highest BCUT2D eigenvalue weighted by molar-refractivity contribution is 6.05. The Morgan fingerprint density at radius 1 is 1.23 bits per heavy atom. The fraction of sp³-hybridized carbons (Fsp3) is 0.407. The number of carboxylic acids is 1. The number of aromatic nitrogens is 1. The number of allylic oxidation sites excluding steroid dienone is 1. The number of aliphatic carboxylic acids is 1. The van der Waals surface area contributed by atoms with Gasteiger partial charge < -0.3 is 15.2 Å². The zero-order chi connectivity index (χ0) is 25.3. The number of amides is 1. The van der Waals surface area contributed by atoms with Crippen LogP contribution in [0.4, 0.5) is 4.39 Å². The van der Waals surface area contributed by atoms with Crippen LogP contribution in [-0.2, 0) is 19.1 Å². The molecule has 184 valence electrons. The quantitative estimate of drug-likeness (QED) is 0.479. The number of hydrogen-bond acceptors (Lipinski definition) is 5. The third-order valence-electron chi connectivity index (χ3n) is 7.53. The standard InChI is InChI=1S/C27H29FN2O5/c1-15-12-27(25(33)30-14-23(31)32)24(17(3)35-26(27)34)22(16(15)2)10-9-21-8-7-19(13-29-21)18-5-4-6-20(28)11-18/h4-11,13,15-17,22,24H,12,14H2,1-3H3,(H,30,33)(H,31,32)/b10-9+/t15?,16?,17-,22?,24?,27-/m1/s1. The van der Waals surface area contributed by atoms with Crippen molar-refractivity contribution in [1.82, 2.24) is 10.3 Å². The largest absolute Gasteiger partial charge is 0.480 e. The minimum absolute atomic E-state index is 0.0256. The van der Waals surface area contributed by atoms with Crippen molar-refractivity contribution in [2.24, 2.45) is 29.1 Å². The Bertz CT molecular complexity index is 1160. The van der Waals surface area contributed by atoms with Gasteiger partial charge in [0.05, 0.1) is 5.69 Å².